The molecule has 0 amide bonds. The maximum atomic E-state index is 12.1. The molecule has 1 aromatic heterocycles. The Labute approximate surface area is 73.2 Å². The van der Waals surface area contributed by atoms with E-state index in [-0.39, 0.29) is 5.82 Å². The van der Waals surface area contributed by atoms with Gasteiger partial charge in [0.2, 0.25) is 8.53 Å². The minimum atomic E-state index is -2.12. The first-order chi connectivity index (χ1) is 5.93. The number of nitrogens with two attached hydrogens (primary N) is 2. The van der Waals surface area contributed by atoms with E-state index in [1.165, 1.54) is 0 Å². The fourth-order valence-corrected chi connectivity index (χ4v) is 0.392. The molecule has 7 N–H and O–H groups in total. The molecule has 1 heterocycles. The molecule has 0 aliphatic heterocycles. The van der Waals surface area contributed by atoms with Gasteiger partial charge in [0.1, 0.15) is 5.82 Å². The van der Waals surface area contributed by atoms with Gasteiger partial charge in [0.15, 0.2) is 5.82 Å². The Hall–Kier alpha value is -1.08. The Morgan fingerprint density at radius 3 is 2.38 bits per heavy atom. The lowest BCUT2D eigenvalue weighted by molar-refractivity contribution is 0.485. The molecule has 0 radical (unpaired) electrons. The first-order valence-corrected chi connectivity index (χ1v) is 4.18. The number of nitrogen functional groups attached to an aromatic ring is 1. The monoisotopic (exact) mass is 210 g/mol. The minimum absolute atomic E-state index is 0.282. The fourth-order valence-electron chi connectivity index (χ4n) is 0.392. The van der Waals surface area contributed by atoms with Crippen molar-refractivity contribution in [3.63, 3.8) is 0 Å². The number of nitrogens with zero attached hydrogens (tertiary/aromatic N) is 1. The average Bonchev–Trinajstić information content (AvgIpc) is 1.96. The van der Waals surface area contributed by atoms with Crippen LogP contribution in [0.1, 0.15) is 0 Å². The molecule has 74 valence electrons. The molecule has 0 aliphatic carbocycles. The summed E-state index contributed by atoms with van der Waals surface area (Å²) in [5.74, 6) is -0.996. The third-order valence-corrected chi connectivity index (χ3v) is 0.794. The number of halogens is 1. The van der Waals surface area contributed by atoms with Crippen molar-refractivity contribution in [3.8, 4) is 0 Å². The normalized spacial score (nSPS) is 9.31. The van der Waals surface area contributed by atoms with Crippen molar-refractivity contribution >= 4 is 14.3 Å². The van der Waals surface area contributed by atoms with Crippen molar-refractivity contribution in [3.05, 3.63) is 22.5 Å². The second-order valence-corrected chi connectivity index (χ2v) is 2.41. The highest BCUT2D eigenvalue weighted by atomic mass is 31.2. The largest absolute Gasteiger partial charge is 0.383 e. The number of aromatic amines is 1. The molecule has 0 saturated heterocycles. The first kappa shape index (κ1) is 11.9. The molecular formula is C4H8FN4O3P. The molecule has 1 aromatic rings. The van der Waals surface area contributed by atoms with E-state index in [0.717, 1.165) is 6.20 Å². The Morgan fingerprint density at radius 2 is 2.08 bits per heavy atom. The van der Waals surface area contributed by atoms with Crippen LogP contribution in [0.3, 0.4) is 0 Å². The Kier molecular flexibility index (Phi) is 5.09. The molecule has 0 aliphatic rings. The number of rotatable bonds is 0. The SMILES string of the molecule is NP(O)O.Nc1[nH]c(=O)ncc1F. The smallest absolute Gasteiger partial charge is 0.346 e. The maximum absolute atomic E-state index is 12.1. The predicted octanol–water partition coefficient (Wildman–Crippen LogP) is -1.35. The van der Waals surface area contributed by atoms with E-state index in [2.05, 4.69) is 10.5 Å². The molecular weight excluding hydrogens is 202 g/mol. The predicted molar refractivity (Wildman–Crippen MR) is 44.8 cm³/mol. The van der Waals surface area contributed by atoms with Crippen molar-refractivity contribution in [2.24, 2.45) is 5.50 Å². The molecule has 1 rings (SSSR count). The van der Waals surface area contributed by atoms with Gasteiger partial charge in [-0.25, -0.2) is 9.18 Å². The van der Waals surface area contributed by atoms with Gasteiger partial charge in [0.25, 0.3) is 0 Å². The van der Waals surface area contributed by atoms with Crippen LogP contribution in [0.15, 0.2) is 11.0 Å². The molecule has 7 nitrogen and oxygen atoms in total. The molecule has 0 atom stereocenters. The number of aromatic nitrogens is 2. The van der Waals surface area contributed by atoms with E-state index in [1.807, 2.05) is 4.98 Å². The third kappa shape index (κ3) is 6.12. The van der Waals surface area contributed by atoms with Crippen molar-refractivity contribution in [2.45, 2.75) is 0 Å². The Morgan fingerprint density at radius 1 is 1.62 bits per heavy atom. The highest BCUT2D eigenvalue weighted by Crippen LogP contribution is 2.05. The molecule has 0 spiro atoms. The van der Waals surface area contributed by atoms with Crippen molar-refractivity contribution in [1.82, 2.24) is 9.97 Å². The maximum Gasteiger partial charge on any atom is 0.346 e. The Bertz CT molecular complexity index is 314. The van der Waals surface area contributed by atoms with Crippen molar-refractivity contribution < 1.29 is 14.2 Å². The number of anilines is 1. The quantitative estimate of drug-likeness (QED) is 0.335. The lowest BCUT2D eigenvalue weighted by Crippen LogP contribution is -2.12. The fraction of sp³-hybridized carbons (Fsp3) is 0. The zero-order valence-corrected chi connectivity index (χ0v) is 7.20. The highest BCUT2D eigenvalue weighted by molar-refractivity contribution is 7.42. The lowest BCUT2D eigenvalue weighted by Gasteiger charge is -1.89. The van der Waals surface area contributed by atoms with Crippen LogP contribution in [0, 0.1) is 5.82 Å². The average molecular weight is 210 g/mol. The topological polar surface area (TPSA) is 138 Å². The second-order valence-electron chi connectivity index (χ2n) is 1.77. The summed E-state index contributed by atoms with van der Waals surface area (Å²) >= 11 is 0. The zero-order chi connectivity index (χ0) is 10.4. The van der Waals surface area contributed by atoms with Crippen LogP contribution in [0.2, 0.25) is 0 Å². The summed E-state index contributed by atoms with van der Waals surface area (Å²) in [6, 6.07) is 0. The van der Waals surface area contributed by atoms with Crippen molar-refractivity contribution in [2.75, 3.05) is 5.73 Å². The molecule has 0 bridgehead atoms. The molecule has 0 unspecified atom stereocenters. The van der Waals surface area contributed by atoms with Crippen LogP contribution in [-0.4, -0.2) is 19.8 Å². The third-order valence-electron chi connectivity index (χ3n) is 0.794. The van der Waals surface area contributed by atoms with Crippen LogP contribution < -0.4 is 16.9 Å². The van der Waals surface area contributed by atoms with E-state index in [4.69, 9.17) is 15.5 Å². The summed E-state index contributed by atoms with van der Waals surface area (Å²) in [7, 11) is -2.12. The summed E-state index contributed by atoms with van der Waals surface area (Å²) in [6.07, 6.45) is 0.772. The number of H-pyrrole nitrogens is 1. The van der Waals surface area contributed by atoms with E-state index in [1.54, 1.807) is 0 Å². The number of nitrogens with one attached hydrogen (secondary N) is 1. The highest BCUT2D eigenvalue weighted by Gasteiger charge is 1.95. The van der Waals surface area contributed by atoms with Crippen LogP contribution >= 0.6 is 8.53 Å². The summed E-state index contributed by atoms with van der Waals surface area (Å²) < 4.78 is 12.1. The number of hydrogen-bond donors (Lipinski definition) is 5. The van der Waals surface area contributed by atoms with Crippen LogP contribution in [0.25, 0.3) is 0 Å². The molecule has 0 fully saturated rings. The summed E-state index contributed by atoms with van der Waals surface area (Å²) in [4.78, 5) is 30.2. The van der Waals surface area contributed by atoms with Gasteiger partial charge in [-0.1, -0.05) is 0 Å². The van der Waals surface area contributed by atoms with Gasteiger partial charge in [-0.05, 0) is 0 Å². The van der Waals surface area contributed by atoms with Gasteiger partial charge in [0, 0.05) is 0 Å². The van der Waals surface area contributed by atoms with Gasteiger partial charge < -0.3 is 15.5 Å². The lowest BCUT2D eigenvalue weighted by atomic mass is 10.6. The second kappa shape index (κ2) is 5.55. The molecule has 0 saturated carbocycles. The standard InChI is InChI=1S/C4H4FN3O.H4NO2P/c5-2-1-7-4(9)8-3(2)6;1-4(2)3/h1H,(H3,6,7,8,9);2-3H,1H2. The summed E-state index contributed by atoms with van der Waals surface area (Å²) in [5.41, 5.74) is 8.59. The zero-order valence-electron chi connectivity index (χ0n) is 6.31. The van der Waals surface area contributed by atoms with Crippen LogP contribution in [0.4, 0.5) is 10.2 Å². The van der Waals surface area contributed by atoms with Crippen LogP contribution in [0.5, 0.6) is 0 Å². The number of hydrogen-bond acceptors (Lipinski definition) is 6. The van der Waals surface area contributed by atoms with Gasteiger partial charge in [-0.2, -0.15) is 4.98 Å². The van der Waals surface area contributed by atoms with Gasteiger partial charge >= 0.3 is 5.69 Å². The van der Waals surface area contributed by atoms with Crippen LogP contribution in [-0.2, 0) is 0 Å². The van der Waals surface area contributed by atoms with Gasteiger partial charge in [-0.15, -0.1) is 0 Å². The van der Waals surface area contributed by atoms with E-state index >= 15 is 0 Å². The molecule has 9 heteroatoms. The molecule has 13 heavy (non-hydrogen) atoms. The Balaban J connectivity index is 0.000000310. The summed E-state index contributed by atoms with van der Waals surface area (Å²) in [6.45, 7) is 0. The van der Waals surface area contributed by atoms with E-state index in [9.17, 15) is 9.18 Å². The van der Waals surface area contributed by atoms with E-state index in [0.29, 0.717) is 0 Å². The summed E-state index contributed by atoms with van der Waals surface area (Å²) in [5, 5.41) is 0. The van der Waals surface area contributed by atoms with Gasteiger partial charge in [-0.3, -0.25) is 10.5 Å². The molecule has 0 aromatic carbocycles. The van der Waals surface area contributed by atoms with Gasteiger partial charge in [0.05, 0.1) is 6.20 Å². The van der Waals surface area contributed by atoms with Crippen molar-refractivity contribution in [1.29, 1.82) is 0 Å². The van der Waals surface area contributed by atoms with E-state index < -0.39 is 20.0 Å². The first-order valence-electron chi connectivity index (χ1n) is 2.86. The minimum Gasteiger partial charge on any atom is -0.383 e.